The predicted molar refractivity (Wildman–Crippen MR) is 69.8 cm³/mol. The summed E-state index contributed by atoms with van der Waals surface area (Å²) in [6.07, 6.45) is 2.86. The Morgan fingerprint density at radius 2 is 2.18 bits per heavy atom. The lowest BCUT2D eigenvalue weighted by Crippen LogP contribution is -2.05. The molecular formula is C14H16O2S. The maximum atomic E-state index is 11.6. The van der Waals surface area contributed by atoms with Crippen LogP contribution in [-0.4, -0.2) is 12.1 Å². The van der Waals surface area contributed by atoms with Gasteiger partial charge in [-0.15, -0.1) is 0 Å². The van der Waals surface area contributed by atoms with E-state index in [1.807, 2.05) is 35.7 Å². The van der Waals surface area contributed by atoms with Gasteiger partial charge >= 0.3 is 5.97 Å². The molecule has 1 aromatic carbocycles. The zero-order chi connectivity index (χ0) is 12.1. The first kappa shape index (κ1) is 12.2. The summed E-state index contributed by atoms with van der Waals surface area (Å²) < 4.78 is 5.28. The van der Waals surface area contributed by atoms with Gasteiger partial charge in [-0.3, -0.25) is 0 Å². The van der Waals surface area contributed by atoms with Gasteiger partial charge in [0.1, 0.15) is 6.10 Å². The van der Waals surface area contributed by atoms with E-state index in [1.165, 1.54) is 0 Å². The molecular weight excluding hydrogens is 232 g/mol. The van der Waals surface area contributed by atoms with Gasteiger partial charge in [0.05, 0.1) is 0 Å². The maximum Gasteiger partial charge on any atom is 0.334 e. The first-order valence-electron chi connectivity index (χ1n) is 5.91. The largest absolute Gasteiger partial charge is 0.459 e. The van der Waals surface area contributed by atoms with Gasteiger partial charge < -0.3 is 4.74 Å². The summed E-state index contributed by atoms with van der Waals surface area (Å²) in [5, 5.41) is 1.92. The van der Waals surface area contributed by atoms with E-state index in [-0.39, 0.29) is 12.1 Å². The van der Waals surface area contributed by atoms with Crippen molar-refractivity contribution in [3.63, 3.8) is 0 Å². The van der Waals surface area contributed by atoms with Gasteiger partial charge in [0.25, 0.3) is 0 Å². The van der Waals surface area contributed by atoms with Crippen molar-refractivity contribution in [2.75, 3.05) is 0 Å². The average molecular weight is 248 g/mol. The van der Waals surface area contributed by atoms with Gasteiger partial charge in [-0.2, -0.15) is 0 Å². The van der Waals surface area contributed by atoms with Gasteiger partial charge in [0, 0.05) is 16.9 Å². The quantitative estimate of drug-likeness (QED) is 0.461. The van der Waals surface area contributed by atoms with Crippen LogP contribution in [0, 0.1) is 0 Å². The number of esters is 1. The Bertz CT molecular complexity index is 411. The molecule has 1 fully saturated rings. The molecule has 1 aliphatic heterocycles. The fourth-order valence-electron chi connectivity index (χ4n) is 1.81. The Balaban J connectivity index is 1.96. The summed E-state index contributed by atoms with van der Waals surface area (Å²) in [6, 6.07) is 10.0. The molecule has 3 heteroatoms. The third-order valence-corrected chi connectivity index (χ3v) is 3.62. The standard InChI is InChI=1S/C14H16O2S/c1-2-6-12-9-11(14(15)16-12)10-17-13-7-4-3-5-8-13/h3-5,7-8,10,12H,2,6,9H2,1H3/b11-10-. The number of benzene rings is 1. The van der Waals surface area contributed by atoms with Crippen molar-refractivity contribution < 1.29 is 9.53 Å². The van der Waals surface area contributed by atoms with Crippen molar-refractivity contribution in [1.29, 1.82) is 0 Å². The van der Waals surface area contributed by atoms with E-state index in [1.54, 1.807) is 11.8 Å². The Morgan fingerprint density at radius 3 is 2.88 bits per heavy atom. The Morgan fingerprint density at radius 1 is 1.41 bits per heavy atom. The molecule has 2 nitrogen and oxygen atoms in total. The fraction of sp³-hybridized carbons (Fsp3) is 0.357. The number of hydrogen-bond donors (Lipinski definition) is 0. The van der Waals surface area contributed by atoms with Gasteiger partial charge in [0.2, 0.25) is 0 Å². The molecule has 0 bridgehead atoms. The van der Waals surface area contributed by atoms with E-state index in [4.69, 9.17) is 4.74 Å². The number of thioether (sulfide) groups is 1. The van der Waals surface area contributed by atoms with Crippen LogP contribution in [0.25, 0.3) is 0 Å². The van der Waals surface area contributed by atoms with E-state index in [2.05, 4.69) is 6.92 Å². The molecule has 0 amide bonds. The molecule has 1 aromatic rings. The number of cyclic esters (lactones) is 1. The van der Waals surface area contributed by atoms with Gasteiger partial charge in [-0.1, -0.05) is 43.3 Å². The van der Waals surface area contributed by atoms with Crippen LogP contribution in [0.3, 0.4) is 0 Å². The van der Waals surface area contributed by atoms with Crippen molar-refractivity contribution in [3.05, 3.63) is 41.3 Å². The summed E-state index contributed by atoms with van der Waals surface area (Å²) in [4.78, 5) is 12.7. The third-order valence-electron chi connectivity index (χ3n) is 2.67. The second-order valence-electron chi connectivity index (χ2n) is 4.09. The van der Waals surface area contributed by atoms with Crippen LogP contribution in [0.1, 0.15) is 26.2 Å². The third kappa shape index (κ3) is 3.37. The lowest BCUT2D eigenvalue weighted by molar-refractivity contribution is -0.139. The fourth-order valence-corrected chi connectivity index (χ4v) is 2.60. The predicted octanol–water partition coefficient (Wildman–Crippen LogP) is 3.78. The number of rotatable bonds is 4. The molecule has 1 heterocycles. The zero-order valence-electron chi connectivity index (χ0n) is 9.89. The van der Waals surface area contributed by atoms with E-state index >= 15 is 0 Å². The Kier molecular flexibility index (Phi) is 4.26. The molecule has 1 atom stereocenters. The van der Waals surface area contributed by atoms with Crippen molar-refractivity contribution >= 4 is 17.7 Å². The summed E-state index contributed by atoms with van der Waals surface area (Å²) in [5.41, 5.74) is 0.803. The summed E-state index contributed by atoms with van der Waals surface area (Å²) in [5.74, 6) is -0.146. The lowest BCUT2D eigenvalue weighted by atomic mass is 10.1. The molecule has 0 aliphatic carbocycles. The van der Waals surface area contributed by atoms with Crippen molar-refractivity contribution in [3.8, 4) is 0 Å². The van der Waals surface area contributed by atoms with Gasteiger partial charge in [-0.05, 0) is 24.0 Å². The minimum Gasteiger partial charge on any atom is -0.459 e. The summed E-state index contributed by atoms with van der Waals surface area (Å²) in [6.45, 7) is 2.11. The minimum atomic E-state index is -0.146. The van der Waals surface area contributed by atoms with Gasteiger partial charge in [-0.25, -0.2) is 4.79 Å². The summed E-state index contributed by atoms with van der Waals surface area (Å²) >= 11 is 1.58. The molecule has 1 unspecified atom stereocenters. The highest BCUT2D eigenvalue weighted by Crippen LogP contribution is 2.28. The van der Waals surface area contributed by atoms with Crippen LogP contribution < -0.4 is 0 Å². The van der Waals surface area contributed by atoms with Crippen LogP contribution in [0.5, 0.6) is 0 Å². The Hall–Kier alpha value is -1.22. The lowest BCUT2D eigenvalue weighted by Gasteiger charge is -2.04. The molecule has 90 valence electrons. The van der Waals surface area contributed by atoms with Gasteiger partial charge in [0.15, 0.2) is 0 Å². The molecule has 0 aromatic heterocycles. The Labute approximate surface area is 106 Å². The van der Waals surface area contributed by atoms with Crippen LogP contribution in [0.15, 0.2) is 46.2 Å². The molecule has 2 rings (SSSR count). The van der Waals surface area contributed by atoms with Crippen molar-refractivity contribution in [2.45, 2.75) is 37.2 Å². The molecule has 17 heavy (non-hydrogen) atoms. The second-order valence-corrected chi connectivity index (χ2v) is 5.04. The van der Waals surface area contributed by atoms with Crippen molar-refractivity contribution in [1.82, 2.24) is 0 Å². The molecule has 0 spiro atoms. The average Bonchev–Trinajstić information content (AvgIpc) is 2.69. The first-order chi connectivity index (χ1) is 8.29. The second kappa shape index (κ2) is 5.92. The maximum absolute atomic E-state index is 11.6. The monoisotopic (exact) mass is 248 g/mol. The molecule has 0 saturated carbocycles. The van der Waals surface area contributed by atoms with Crippen LogP contribution >= 0.6 is 11.8 Å². The number of carbonyl (C=O) groups excluding carboxylic acids is 1. The molecule has 0 N–H and O–H groups in total. The molecule has 1 saturated heterocycles. The van der Waals surface area contributed by atoms with Crippen LogP contribution in [0.2, 0.25) is 0 Å². The first-order valence-corrected chi connectivity index (χ1v) is 6.79. The van der Waals surface area contributed by atoms with E-state index in [9.17, 15) is 4.79 Å². The number of ether oxygens (including phenoxy) is 1. The summed E-state index contributed by atoms with van der Waals surface area (Å²) in [7, 11) is 0. The highest BCUT2D eigenvalue weighted by molar-refractivity contribution is 8.02. The normalized spacial score (nSPS) is 21.8. The minimum absolute atomic E-state index is 0.0927. The zero-order valence-corrected chi connectivity index (χ0v) is 10.7. The SMILES string of the molecule is CCCC1C/C(=C/Sc2ccccc2)C(=O)O1. The van der Waals surface area contributed by atoms with E-state index in [0.29, 0.717) is 0 Å². The van der Waals surface area contributed by atoms with E-state index in [0.717, 1.165) is 29.7 Å². The number of carbonyl (C=O) groups is 1. The van der Waals surface area contributed by atoms with Crippen molar-refractivity contribution in [2.24, 2.45) is 0 Å². The van der Waals surface area contributed by atoms with Crippen LogP contribution in [-0.2, 0) is 9.53 Å². The highest BCUT2D eigenvalue weighted by atomic mass is 32.2. The highest BCUT2D eigenvalue weighted by Gasteiger charge is 2.27. The smallest absolute Gasteiger partial charge is 0.334 e. The van der Waals surface area contributed by atoms with E-state index < -0.39 is 0 Å². The molecule has 1 aliphatic rings. The molecule has 0 radical (unpaired) electrons. The number of hydrogen-bond acceptors (Lipinski definition) is 3. The van der Waals surface area contributed by atoms with Crippen LogP contribution in [0.4, 0.5) is 0 Å². The topological polar surface area (TPSA) is 26.3 Å².